The molecule has 0 nitrogen and oxygen atoms in total. The first kappa shape index (κ1) is 9.97. The molecule has 1 aromatic carbocycles. The summed E-state index contributed by atoms with van der Waals surface area (Å²) >= 11 is 0. The fourth-order valence-electron chi connectivity index (χ4n) is 2.02. The van der Waals surface area contributed by atoms with E-state index in [0.717, 1.165) is 12.8 Å². The van der Waals surface area contributed by atoms with Gasteiger partial charge in [-0.05, 0) is 52.3 Å². The molecule has 0 bridgehead atoms. The molecule has 0 fully saturated rings. The molecule has 0 radical (unpaired) electrons. The minimum atomic E-state index is 0.914. The molecule has 0 amide bonds. The third-order valence-corrected chi connectivity index (χ3v) is 3.04. The van der Waals surface area contributed by atoms with Gasteiger partial charge in [-0.25, -0.2) is 0 Å². The lowest BCUT2D eigenvalue weighted by molar-refractivity contribution is 1.24. The summed E-state index contributed by atoms with van der Waals surface area (Å²) < 4.78 is 0. The van der Waals surface area contributed by atoms with Gasteiger partial charge in [-0.3, -0.25) is 0 Å². The van der Waals surface area contributed by atoms with Crippen LogP contribution in [-0.2, 0) is 0 Å². The SMILES string of the molecule is C=C(CC)c1ccc2c(c1)C(=C)CC2=C. The molecule has 0 aromatic heterocycles. The maximum absolute atomic E-state index is 4.08. The van der Waals surface area contributed by atoms with Crippen LogP contribution in [0, 0.1) is 0 Å². The summed E-state index contributed by atoms with van der Waals surface area (Å²) in [5.74, 6) is 0. The average molecular weight is 196 g/mol. The smallest absolute Gasteiger partial charge is 0.00252 e. The maximum atomic E-state index is 4.08. The maximum Gasteiger partial charge on any atom is -0.00252 e. The van der Waals surface area contributed by atoms with Crippen LogP contribution in [0.5, 0.6) is 0 Å². The van der Waals surface area contributed by atoms with E-state index in [9.17, 15) is 0 Å². The number of hydrogen-bond donors (Lipinski definition) is 0. The van der Waals surface area contributed by atoms with E-state index in [2.05, 4.69) is 44.9 Å². The van der Waals surface area contributed by atoms with Crippen molar-refractivity contribution in [1.29, 1.82) is 0 Å². The van der Waals surface area contributed by atoms with Crippen molar-refractivity contribution in [1.82, 2.24) is 0 Å². The molecular weight excluding hydrogens is 180 g/mol. The fourth-order valence-corrected chi connectivity index (χ4v) is 2.02. The van der Waals surface area contributed by atoms with Gasteiger partial charge in [-0.15, -0.1) is 0 Å². The van der Waals surface area contributed by atoms with E-state index in [1.54, 1.807) is 0 Å². The molecule has 0 aliphatic heterocycles. The van der Waals surface area contributed by atoms with Crippen molar-refractivity contribution in [3.63, 3.8) is 0 Å². The van der Waals surface area contributed by atoms with Gasteiger partial charge in [0.2, 0.25) is 0 Å². The van der Waals surface area contributed by atoms with E-state index in [1.807, 2.05) is 0 Å². The van der Waals surface area contributed by atoms with Crippen molar-refractivity contribution in [3.8, 4) is 0 Å². The molecule has 15 heavy (non-hydrogen) atoms. The molecule has 0 saturated heterocycles. The van der Waals surface area contributed by atoms with Crippen molar-refractivity contribution >= 4 is 16.7 Å². The van der Waals surface area contributed by atoms with Crippen LogP contribution in [-0.4, -0.2) is 0 Å². The van der Waals surface area contributed by atoms with E-state index in [4.69, 9.17) is 0 Å². The highest BCUT2D eigenvalue weighted by molar-refractivity contribution is 5.91. The minimum Gasteiger partial charge on any atom is -0.0952 e. The predicted octanol–water partition coefficient (Wildman–Crippen LogP) is 4.54. The Morgan fingerprint density at radius 3 is 2.53 bits per heavy atom. The number of benzene rings is 1. The van der Waals surface area contributed by atoms with Crippen LogP contribution in [0.15, 0.2) is 37.9 Å². The molecule has 0 saturated carbocycles. The number of rotatable bonds is 2. The zero-order valence-corrected chi connectivity index (χ0v) is 9.27. The highest BCUT2D eigenvalue weighted by Gasteiger charge is 2.18. The van der Waals surface area contributed by atoms with Gasteiger partial charge in [0.1, 0.15) is 0 Å². The molecule has 2 rings (SSSR count). The Kier molecular flexibility index (Phi) is 2.36. The molecule has 1 aliphatic carbocycles. The summed E-state index contributed by atoms with van der Waals surface area (Å²) in [6.45, 7) is 14.3. The Hall–Kier alpha value is -1.56. The molecule has 0 heteroatoms. The molecular formula is C15H16. The van der Waals surface area contributed by atoms with E-state index in [1.165, 1.54) is 33.4 Å². The van der Waals surface area contributed by atoms with Gasteiger partial charge in [0.15, 0.2) is 0 Å². The van der Waals surface area contributed by atoms with Crippen molar-refractivity contribution in [2.45, 2.75) is 19.8 Å². The highest BCUT2D eigenvalue weighted by atomic mass is 14.2. The van der Waals surface area contributed by atoms with Crippen LogP contribution in [0.1, 0.15) is 36.5 Å². The van der Waals surface area contributed by atoms with Gasteiger partial charge in [0.05, 0.1) is 0 Å². The monoisotopic (exact) mass is 196 g/mol. The van der Waals surface area contributed by atoms with Crippen LogP contribution < -0.4 is 0 Å². The van der Waals surface area contributed by atoms with Gasteiger partial charge >= 0.3 is 0 Å². The Bertz CT molecular complexity index is 461. The van der Waals surface area contributed by atoms with Crippen LogP contribution in [0.25, 0.3) is 16.7 Å². The second kappa shape index (κ2) is 3.54. The molecule has 0 heterocycles. The first-order chi connectivity index (χ1) is 7.13. The van der Waals surface area contributed by atoms with Gasteiger partial charge in [0, 0.05) is 0 Å². The van der Waals surface area contributed by atoms with Gasteiger partial charge < -0.3 is 0 Å². The second-order valence-corrected chi connectivity index (χ2v) is 4.10. The van der Waals surface area contributed by atoms with E-state index in [-0.39, 0.29) is 0 Å². The van der Waals surface area contributed by atoms with Gasteiger partial charge in [-0.2, -0.15) is 0 Å². The third-order valence-electron chi connectivity index (χ3n) is 3.04. The summed E-state index contributed by atoms with van der Waals surface area (Å²) in [6, 6.07) is 6.47. The third kappa shape index (κ3) is 1.56. The summed E-state index contributed by atoms with van der Waals surface area (Å²) in [5, 5.41) is 0. The van der Waals surface area contributed by atoms with Crippen LogP contribution in [0.2, 0.25) is 0 Å². The molecule has 0 unspecified atom stereocenters. The Balaban J connectivity index is 2.52. The summed E-state index contributed by atoms with van der Waals surface area (Å²) in [4.78, 5) is 0. The number of hydrogen-bond acceptors (Lipinski definition) is 0. The normalized spacial score (nSPS) is 14.2. The Labute approximate surface area is 91.6 Å². The summed E-state index contributed by atoms with van der Waals surface area (Å²) in [5.41, 5.74) is 7.29. The standard InChI is InChI=1S/C15H16/c1-5-10(2)13-6-7-14-11(3)8-12(4)15(14)9-13/h6-7,9H,2-5,8H2,1H3. The zero-order valence-electron chi connectivity index (χ0n) is 9.27. The molecule has 0 atom stereocenters. The van der Waals surface area contributed by atoms with Crippen LogP contribution in [0.4, 0.5) is 0 Å². The topological polar surface area (TPSA) is 0 Å². The lowest BCUT2D eigenvalue weighted by Gasteiger charge is -2.06. The average Bonchev–Trinajstić information content (AvgIpc) is 2.53. The van der Waals surface area contributed by atoms with Crippen molar-refractivity contribution in [2.75, 3.05) is 0 Å². The van der Waals surface area contributed by atoms with Crippen LogP contribution >= 0.6 is 0 Å². The van der Waals surface area contributed by atoms with E-state index >= 15 is 0 Å². The van der Waals surface area contributed by atoms with Crippen molar-refractivity contribution in [3.05, 3.63) is 54.6 Å². The van der Waals surface area contributed by atoms with Crippen molar-refractivity contribution in [2.24, 2.45) is 0 Å². The van der Waals surface area contributed by atoms with E-state index < -0.39 is 0 Å². The lowest BCUT2D eigenvalue weighted by atomic mass is 9.99. The predicted molar refractivity (Wildman–Crippen MR) is 68.5 cm³/mol. The molecule has 0 N–H and O–H groups in total. The fraction of sp³-hybridized carbons (Fsp3) is 0.200. The number of fused-ring (bicyclic) bond motifs is 1. The lowest BCUT2D eigenvalue weighted by Crippen LogP contribution is -1.86. The van der Waals surface area contributed by atoms with Gasteiger partial charge in [0.25, 0.3) is 0 Å². The first-order valence-corrected chi connectivity index (χ1v) is 5.32. The molecule has 1 aromatic rings. The molecule has 76 valence electrons. The quantitative estimate of drug-likeness (QED) is 0.651. The van der Waals surface area contributed by atoms with Crippen LogP contribution in [0.3, 0.4) is 0 Å². The number of allylic oxidation sites excluding steroid dienone is 3. The largest absolute Gasteiger partial charge is 0.0952 e. The van der Waals surface area contributed by atoms with Crippen molar-refractivity contribution < 1.29 is 0 Å². The Morgan fingerprint density at radius 2 is 1.87 bits per heavy atom. The second-order valence-electron chi connectivity index (χ2n) is 4.10. The minimum absolute atomic E-state index is 0.914. The molecule has 1 aliphatic rings. The first-order valence-electron chi connectivity index (χ1n) is 5.32. The highest BCUT2D eigenvalue weighted by Crippen LogP contribution is 2.39. The summed E-state index contributed by atoms with van der Waals surface area (Å²) in [7, 11) is 0. The zero-order chi connectivity index (χ0) is 11.0. The van der Waals surface area contributed by atoms with E-state index in [0.29, 0.717) is 0 Å². The summed E-state index contributed by atoms with van der Waals surface area (Å²) in [6.07, 6.45) is 1.91. The van der Waals surface area contributed by atoms with Gasteiger partial charge in [-0.1, -0.05) is 38.8 Å². The molecule has 0 spiro atoms. The Morgan fingerprint density at radius 1 is 1.20 bits per heavy atom.